The fourth-order valence-electron chi connectivity index (χ4n) is 4.58. The van der Waals surface area contributed by atoms with Gasteiger partial charge in [-0.05, 0) is 42.7 Å². The number of nitriles is 1. The molecule has 35 heavy (non-hydrogen) atoms. The van der Waals surface area contributed by atoms with Crippen LogP contribution in [-0.4, -0.2) is 20.7 Å². The van der Waals surface area contributed by atoms with E-state index in [0.29, 0.717) is 22.6 Å². The van der Waals surface area contributed by atoms with E-state index in [4.69, 9.17) is 11.6 Å². The zero-order valence-electron chi connectivity index (χ0n) is 19.1. The Morgan fingerprint density at radius 3 is 2.69 bits per heavy atom. The normalized spacial score (nSPS) is 14.7. The van der Waals surface area contributed by atoms with Gasteiger partial charge in [0.05, 0.1) is 0 Å². The number of benzene rings is 2. The first kappa shape index (κ1) is 23.3. The molecule has 6 nitrogen and oxygen atoms in total. The molecular weight excluding hydrogens is 478 g/mol. The summed E-state index contributed by atoms with van der Waals surface area (Å²) in [5.41, 5.74) is 2.96. The molecule has 176 valence electrons. The molecule has 1 aliphatic carbocycles. The second-order valence-corrected chi connectivity index (χ2v) is 10.2. The van der Waals surface area contributed by atoms with E-state index in [9.17, 15) is 10.1 Å². The largest absolute Gasteiger partial charge is 0.342 e. The van der Waals surface area contributed by atoms with E-state index < -0.39 is 5.91 Å². The molecule has 5 rings (SSSR count). The molecule has 0 atom stereocenters. The number of nitrogens with zero attached hydrogens (tertiary/aromatic N) is 4. The summed E-state index contributed by atoms with van der Waals surface area (Å²) >= 11 is 7.43. The van der Waals surface area contributed by atoms with Crippen molar-refractivity contribution in [2.75, 3.05) is 5.32 Å². The van der Waals surface area contributed by atoms with E-state index in [2.05, 4.69) is 26.2 Å². The zero-order valence-corrected chi connectivity index (χ0v) is 20.6. The number of hydrogen-bond acceptors (Lipinski definition) is 5. The van der Waals surface area contributed by atoms with Crippen LogP contribution in [0.2, 0.25) is 5.02 Å². The number of carbonyl (C=O) groups excluding carboxylic acids is 1. The van der Waals surface area contributed by atoms with Gasteiger partial charge in [-0.1, -0.05) is 72.5 Å². The number of para-hydroxylation sites is 1. The number of amides is 1. The van der Waals surface area contributed by atoms with Gasteiger partial charge in [0.2, 0.25) is 5.13 Å². The van der Waals surface area contributed by atoms with Crippen molar-refractivity contribution in [1.29, 1.82) is 5.26 Å². The lowest BCUT2D eigenvalue weighted by Gasteiger charge is -2.18. The number of halogens is 1. The van der Waals surface area contributed by atoms with Crippen molar-refractivity contribution >= 4 is 51.0 Å². The van der Waals surface area contributed by atoms with E-state index >= 15 is 0 Å². The van der Waals surface area contributed by atoms with Crippen molar-refractivity contribution in [1.82, 2.24) is 14.8 Å². The van der Waals surface area contributed by atoms with Crippen molar-refractivity contribution in [2.45, 2.75) is 44.6 Å². The Morgan fingerprint density at radius 2 is 1.91 bits per heavy atom. The smallest absolute Gasteiger partial charge is 0.268 e. The SMILES string of the molecule is N#C/C(=C/c1cn(Cc2ccc(Cl)cc2)c2ccccc12)C(=O)Nc1nnc(C2CCCCC2)s1. The first-order valence-electron chi connectivity index (χ1n) is 11.7. The van der Waals surface area contributed by atoms with Crippen LogP contribution in [0.5, 0.6) is 0 Å². The third-order valence-electron chi connectivity index (χ3n) is 6.37. The Balaban J connectivity index is 1.38. The molecular formula is C27H24ClN5OS. The maximum atomic E-state index is 12.9. The van der Waals surface area contributed by atoms with Gasteiger partial charge >= 0.3 is 0 Å². The van der Waals surface area contributed by atoms with Crippen LogP contribution in [0.1, 0.15) is 54.2 Å². The van der Waals surface area contributed by atoms with Gasteiger partial charge in [-0.15, -0.1) is 10.2 Å². The Kier molecular flexibility index (Phi) is 6.94. The van der Waals surface area contributed by atoms with Crippen molar-refractivity contribution in [2.24, 2.45) is 0 Å². The van der Waals surface area contributed by atoms with Gasteiger partial charge in [-0.25, -0.2) is 0 Å². The van der Waals surface area contributed by atoms with Gasteiger partial charge in [0.15, 0.2) is 0 Å². The Labute approximate surface area is 212 Å². The summed E-state index contributed by atoms with van der Waals surface area (Å²) in [4.78, 5) is 12.9. The minimum Gasteiger partial charge on any atom is -0.342 e. The molecule has 0 bridgehead atoms. The highest BCUT2D eigenvalue weighted by Crippen LogP contribution is 2.35. The van der Waals surface area contributed by atoms with Crippen molar-refractivity contribution < 1.29 is 4.79 Å². The molecule has 1 amide bonds. The lowest BCUT2D eigenvalue weighted by molar-refractivity contribution is -0.112. The molecule has 0 radical (unpaired) electrons. The Morgan fingerprint density at radius 1 is 1.14 bits per heavy atom. The van der Waals surface area contributed by atoms with E-state index in [1.807, 2.05) is 54.7 Å². The minimum absolute atomic E-state index is 0.0220. The lowest BCUT2D eigenvalue weighted by Crippen LogP contribution is -2.13. The number of aromatic nitrogens is 3. The van der Waals surface area contributed by atoms with Crippen LogP contribution in [0.15, 0.2) is 60.3 Å². The molecule has 0 unspecified atom stereocenters. The first-order chi connectivity index (χ1) is 17.1. The molecule has 1 saturated carbocycles. The van der Waals surface area contributed by atoms with E-state index in [0.717, 1.165) is 39.9 Å². The highest BCUT2D eigenvalue weighted by Gasteiger charge is 2.21. The molecule has 8 heteroatoms. The van der Waals surface area contributed by atoms with Crippen LogP contribution in [0.4, 0.5) is 5.13 Å². The van der Waals surface area contributed by atoms with Crippen LogP contribution < -0.4 is 5.32 Å². The summed E-state index contributed by atoms with van der Waals surface area (Å²) in [5, 5.41) is 24.0. The van der Waals surface area contributed by atoms with Crippen LogP contribution in [0.25, 0.3) is 17.0 Å². The lowest BCUT2D eigenvalue weighted by atomic mass is 9.90. The predicted molar refractivity (Wildman–Crippen MR) is 140 cm³/mol. The van der Waals surface area contributed by atoms with Gasteiger partial charge in [0, 0.05) is 40.1 Å². The second-order valence-electron chi connectivity index (χ2n) is 8.76. The molecule has 2 aromatic carbocycles. The molecule has 1 fully saturated rings. The average molecular weight is 502 g/mol. The molecule has 0 spiro atoms. The Bertz CT molecular complexity index is 1420. The van der Waals surface area contributed by atoms with Crippen LogP contribution in [0, 0.1) is 11.3 Å². The van der Waals surface area contributed by atoms with Gasteiger partial charge in [0.1, 0.15) is 16.6 Å². The molecule has 0 aliphatic heterocycles. The summed E-state index contributed by atoms with van der Waals surface area (Å²) in [6.07, 6.45) is 9.52. The summed E-state index contributed by atoms with van der Waals surface area (Å²) in [7, 11) is 0. The highest BCUT2D eigenvalue weighted by atomic mass is 35.5. The third kappa shape index (κ3) is 5.29. The van der Waals surface area contributed by atoms with Crippen molar-refractivity contribution in [3.8, 4) is 6.07 Å². The topological polar surface area (TPSA) is 83.6 Å². The van der Waals surface area contributed by atoms with Gasteiger partial charge in [-0.3, -0.25) is 10.1 Å². The standard InChI is InChI=1S/C27H24ClN5OS/c28-22-12-10-18(11-13-22)16-33-17-21(23-8-4-5-9-24(23)33)14-20(15-29)25(34)30-27-32-31-26(35-27)19-6-2-1-3-7-19/h4-5,8-14,17,19H,1-3,6-7,16H2,(H,30,32,34)/b20-14-. The number of nitrogens with one attached hydrogen (secondary N) is 1. The summed E-state index contributed by atoms with van der Waals surface area (Å²) in [5.74, 6) is -0.0574. The van der Waals surface area contributed by atoms with Crippen LogP contribution >= 0.6 is 22.9 Å². The molecule has 1 aliphatic rings. The third-order valence-corrected chi connectivity index (χ3v) is 7.62. The van der Waals surface area contributed by atoms with E-state index in [-0.39, 0.29) is 5.57 Å². The van der Waals surface area contributed by atoms with Crippen LogP contribution in [0.3, 0.4) is 0 Å². The molecule has 4 aromatic rings. The first-order valence-corrected chi connectivity index (χ1v) is 12.9. The second kappa shape index (κ2) is 10.4. The molecule has 0 saturated heterocycles. The van der Waals surface area contributed by atoms with Gasteiger partial charge in [-0.2, -0.15) is 5.26 Å². The van der Waals surface area contributed by atoms with E-state index in [1.165, 1.54) is 30.6 Å². The quantitative estimate of drug-likeness (QED) is 0.233. The number of fused-ring (bicyclic) bond motifs is 1. The summed E-state index contributed by atoms with van der Waals surface area (Å²) < 4.78 is 2.11. The molecule has 2 aromatic heterocycles. The van der Waals surface area contributed by atoms with Crippen LogP contribution in [-0.2, 0) is 11.3 Å². The number of hydrogen-bond donors (Lipinski definition) is 1. The maximum absolute atomic E-state index is 12.9. The predicted octanol–water partition coefficient (Wildman–Crippen LogP) is 6.79. The highest BCUT2D eigenvalue weighted by molar-refractivity contribution is 7.15. The van der Waals surface area contributed by atoms with Gasteiger partial charge in [0.25, 0.3) is 5.91 Å². The average Bonchev–Trinajstić information content (AvgIpc) is 3.49. The number of anilines is 1. The monoisotopic (exact) mass is 501 g/mol. The molecule has 1 N–H and O–H groups in total. The Hall–Kier alpha value is -3.47. The van der Waals surface area contributed by atoms with Crippen molar-refractivity contribution in [3.63, 3.8) is 0 Å². The fourth-order valence-corrected chi connectivity index (χ4v) is 5.61. The maximum Gasteiger partial charge on any atom is 0.268 e. The summed E-state index contributed by atoms with van der Waals surface area (Å²) in [6, 6.07) is 17.7. The zero-order chi connectivity index (χ0) is 24.2. The fraction of sp³-hybridized carbons (Fsp3) is 0.259. The van der Waals surface area contributed by atoms with Gasteiger partial charge < -0.3 is 4.57 Å². The molecule has 2 heterocycles. The minimum atomic E-state index is -0.478. The number of carbonyl (C=O) groups is 1. The van der Waals surface area contributed by atoms with Crippen molar-refractivity contribution in [3.05, 3.63) is 81.5 Å². The number of rotatable bonds is 6. The van der Waals surface area contributed by atoms with E-state index in [1.54, 1.807) is 6.08 Å². The summed E-state index contributed by atoms with van der Waals surface area (Å²) in [6.45, 7) is 0.647.